The maximum atomic E-state index is 9.26. The summed E-state index contributed by atoms with van der Waals surface area (Å²) in [6.45, 7) is 19.5. The average Bonchev–Trinajstić information content (AvgIpc) is 3.75. The highest BCUT2D eigenvalue weighted by atomic mass is 16.3. The van der Waals surface area contributed by atoms with Gasteiger partial charge in [-0.15, -0.1) is 0 Å². The molecule has 0 unspecified atom stereocenters. The highest BCUT2D eigenvalue weighted by molar-refractivity contribution is 6.16. The summed E-state index contributed by atoms with van der Waals surface area (Å²) >= 11 is 0. The van der Waals surface area contributed by atoms with Crippen molar-refractivity contribution in [3.8, 4) is 22.3 Å². The first-order valence-corrected chi connectivity index (χ1v) is 17.0. The SMILES string of the molecule is C=C/C=C(C=C)/C(=C/C(=N)c1ccc(-c2cccc3c(/C=C\C)c(C=C)oc23)cc1-c1cccc2c1oc1ccccc12)N=C.Cc1ccccc1. The molecule has 0 bridgehead atoms. The Morgan fingerprint density at radius 1 is 0.731 bits per heavy atom. The van der Waals surface area contributed by atoms with Crippen LogP contribution in [0.25, 0.3) is 67.3 Å². The van der Waals surface area contributed by atoms with Crippen molar-refractivity contribution >= 4 is 57.5 Å². The third-order valence-corrected chi connectivity index (χ3v) is 8.82. The van der Waals surface area contributed by atoms with E-state index in [-0.39, 0.29) is 5.71 Å². The van der Waals surface area contributed by atoms with Gasteiger partial charge in [0, 0.05) is 38.4 Å². The van der Waals surface area contributed by atoms with Crippen LogP contribution in [0.5, 0.6) is 0 Å². The van der Waals surface area contributed by atoms with Crippen molar-refractivity contribution in [2.24, 2.45) is 4.99 Å². The Balaban J connectivity index is 0.000000594. The van der Waals surface area contributed by atoms with Gasteiger partial charge in [0.2, 0.25) is 0 Å². The van der Waals surface area contributed by atoms with Gasteiger partial charge < -0.3 is 14.2 Å². The predicted molar refractivity (Wildman–Crippen MR) is 223 cm³/mol. The first kappa shape index (κ1) is 35.1. The van der Waals surface area contributed by atoms with Crippen LogP contribution in [0.4, 0.5) is 0 Å². The van der Waals surface area contributed by atoms with Crippen molar-refractivity contribution < 1.29 is 8.83 Å². The fraction of sp³-hybridized carbons (Fsp3) is 0.0417. The molecule has 4 nitrogen and oxygen atoms in total. The van der Waals surface area contributed by atoms with E-state index in [0.717, 1.165) is 72.1 Å². The molecule has 5 aromatic carbocycles. The largest absolute Gasteiger partial charge is 0.455 e. The topological polar surface area (TPSA) is 62.5 Å². The molecule has 0 aliphatic carbocycles. The summed E-state index contributed by atoms with van der Waals surface area (Å²) in [6.07, 6.45) is 12.6. The Labute approximate surface area is 305 Å². The lowest BCUT2D eigenvalue weighted by molar-refractivity contribution is 0.604. The summed E-state index contributed by atoms with van der Waals surface area (Å²) in [5.41, 5.74) is 10.5. The van der Waals surface area contributed by atoms with Gasteiger partial charge in [-0.2, -0.15) is 0 Å². The Morgan fingerprint density at radius 3 is 2.10 bits per heavy atom. The van der Waals surface area contributed by atoms with E-state index in [1.807, 2.05) is 85.8 Å². The number of nitrogens with one attached hydrogen (secondary N) is 1. The second kappa shape index (κ2) is 15.8. The minimum Gasteiger partial charge on any atom is -0.455 e. The number of para-hydroxylation sites is 3. The first-order chi connectivity index (χ1) is 25.4. The number of hydrogen-bond donors (Lipinski definition) is 1. The first-order valence-electron chi connectivity index (χ1n) is 17.0. The molecular formula is C48H40N2O2. The molecule has 1 N–H and O–H groups in total. The summed E-state index contributed by atoms with van der Waals surface area (Å²) < 4.78 is 12.8. The van der Waals surface area contributed by atoms with E-state index in [0.29, 0.717) is 11.3 Å². The Bertz CT molecular complexity index is 2570. The lowest BCUT2D eigenvalue weighted by Crippen LogP contribution is -2.01. The highest BCUT2D eigenvalue weighted by Gasteiger charge is 2.20. The van der Waals surface area contributed by atoms with Crippen molar-refractivity contribution in [3.63, 3.8) is 0 Å². The number of hydrogen-bond acceptors (Lipinski definition) is 4. The van der Waals surface area contributed by atoms with Crippen molar-refractivity contribution in [2.45, 2.75) is 13.8 Å². The molecule has 0 saturated carbocycles. The van der Waals surface area contributed by atoms with Gasteiger partial charge in [-0.25, -0.2) is 0 Å². The molecule has 2 heterocycles. The summed E-state index contributed by atoms with van der Waals surface area (Å²) in [7, 11) is 0. The normalized spacial score (nSPS) is 11.8. The van der Waals surface area contributed by atoms with Gasteiger partial charge in [0.05, 0.1) is 11.4 Å². The van der Waals surface area contributed by atoms with E-state index in [4.69, 9.17) is 8.83 Å². The number of furan rings is 2. The molecule has 0 atom stereocenters. The third-order valence-electron chi connectivity index (χ3n) is 8.82. The molecule has 7 rings (SSSR count). The number of rotatable bonds is 10. The Hall–Kier alpha value is -6.78. The lowest BCUT2D eigenvalue weighted by Gasteiger charge is -2.14. The molecule has 0 fully saturated rings. The molecule has 254 valence electrons. The van der Waals surface area contributed by atoms with Gasteiger partial charge in [0.15, 0.2) is 0 Å². The lowest BCUT2D eigenvalue weighted by atomic mass is 9.90. The molecule has 0 radical (unpaired) electrons. The zero-order chi connectivity index (χ0) is 36.6. The minimum atomic E-state index is 0.268. The number of allylic oxidation sites excluding steroid dienone is 5. The molecular weight excluding hydrogens is 637 g/mol. The highest BCUT2D eigenvalue weighted by Crippen LogP contribution is 2.41. The number of benzene rings is 5. The van der Waals surface area contributed by atoms with E-state index in [1.54, 1.807) is 30.4 Å². The van der Waals surface area contributed by atoms with Crippen LogP contribution in [0.2, 0.25) is 0 Å². The van der Waals surface area contributed by atoms with Gasteiger partial charge in [-0.1, -0.05) is 153 Å². The van der Waals surface area contributed by atoms with Crippen molar-refractivity contribution in [2.75, 3.05) is 0 Å². The van der Waals surface area contributed by atoms with Crippen LogP contribution in [0.15, 0.2) is 184 Å². The molecule has 0 aliphatic rings. The molecule has 0 saturated heterocycles. The predicted octanol–water partition coefficient (Wildman–Crippen LogP) is 13.6. The fourth-order valence-electron chi connectivity index (χ4n) is 6.36. The summed E-state index contributed by atoms with van der Waals surface area (Å²) in [5.74, 6) is 0.724. The van der Waals surface area contributed by atoms with Crippen molar-refractivity contribution in [1.29, 1.82) is 5.41 Å². The van der Waals surface area contributed by atoms with Crippen LogP contribution in [0.3, 0.4) is 0 Å². The molecule has 0 spiro atoms. The number of nitrogens with zero attached hydrogens (tertiary/aromatic N) is 1. The monoisotopic (exact) mass is 676 g/mol. The molecule has 0 amide bonds. The van der Waals surface area contributed by atoms with E-state index in [1.165, 1.54) is 5.56 Å². The van der Waals surface area contributed by atoms with E-state index in [9.17, 15) is 5.41 Å². The number of aryl methyl sites for hydroxylation is 1. The van der Waals surface area contributed by atoms with Gasteiger partial charge in [0.1, 0.15) is 22.5 Å². The third kappa shape index (κ3) is 6.96. The molecule has 2 aromatic heterocycles. The van der Waals surface area contributed by atoms with Crippen LogP contribution in [-0.2, 0) is 0 Å². The van der Waals surface area contributed by atoms with Crippen molar-refractivity contribution in [1.82, 2.24) is 0 Å². The molecule has 7 aromatic rings. The average molecular weight is 677 g/mol. The van der Waals surface area contributed by atoms with Gasteiger partial charge in [-0.3, -0.25) is 4.99 Å². The molecule has 0 aliphatic heterocycles. The zero-order valence-corrected chi connectivity index (χ0v) is 29.5. The van der Waals surface area contributed by atoms with Crippen LogP contribution >= 0.6 is 0 Å². The smallest absolute Gasteiger partial charge is 0.143 e. The fourth-order valence-corrected chi connectivity index (χ4v) is 6.36. The summed E-state index contributed by atoms with van der Waals surface area (Å²) in [5, 5.41) is 12.3. The second-order valence-electron chi connectivity index (χ2n) is 12.1. The van der Waals surface area contributed by atoms with Crippen molar-refractivity contribution in [3.05, 3.63) is 193 Å². The van der Waals surface area contributed by atoms with Gasteiger partial charge in [-0.05, 0) is 61.5 Å². The number of aliphatic imine (C=N–C) groups is 1. The van der Waals surface area contributed by atoms with E-state index in [2.05, 4.69) is 80.8 Å². The Morgan fingerprint density at radius 2 is 1.42 bits per heavy atom. The van der Waals surface area contributed by atoms with Gasteiger partial charge in [0.25, 0.3) is 0 Å². The standard InChI is InChI=1S/C41H32N2O2.C7H8/c1-6-14-26(8-3)37(43-5)25-36(42)29-23-22-27(28-17-12-18-32-30(15-7-2)38(9-4)44-40(28)32)24-35(29)34-20-13-19-33-31-16-10-11-21-39(31)45-41(33)34;1-7-5-3-2-4-6-7/h6-25,42H,1,3-5H2,2H3;2-6H,1H3/b15-7-,26-14+,37-25-,42-36?;. The quantitative estimate of drug-likeness (QED) is 0.116. The van der Waals surface area contributed by atoms with Crippen LogP contribution in [-0.4, -0.2) is 12.4 Å². The maximum Gasteiger partial charge on any atom is 0.143 e. The second-order valence-corrected chi connectivity index (χ2v) is 12.1. The van der Waals surface area contributed by atoms with Crippen LogP contribution in [0, 0.1) is 12.3 Å². The molecule has 4 heteroatoms. The van der Waals surface area contributed by atoms with Crippen LogP contribution in [0.1, 0.15) is 29.4 Å². The van der Waals surface area contributed by atoms with E-state index < -0.39 is 0 Å². The van der Waals surface area contributed by atoms with E-state index >= 15 is 0 Å². The number of fused-ring (bicyclic) bond motifs is 4. The van der Waals surface area contributed by atoms with Crippen LogP contribution < -0.4 is 0 Å². The zero-order valence-electron chi connectivity index (χ0n) is 29.5. The Kier molecular flexibility index (Phi) is 10.7. The minimum absolute atomic E-state index is 0.268. The molecule has 52 heavy (non-hydrogen) atoms. The summed E-state index contributed by atoms with van der Waals surface area (Å²) in [4.78, 5) is 4.20. The van der Waals surface area contributed by atoms with Gasteiger partial charge >= 0.3 is 0 Å². The maximum absolute atomic E-state index is 9.26. The summed E-state index contributed by atoms with van der Waals surface area (Å²) in [6, 6.07) is 36.7.